The predicted molar refractivity (Wildman–Crippen MR) is 122 cm³/mol. The van der Waals surface area contributed by atoms with Crippen LogP contribution in [0.25, 0.3) is 21.3 Å². The minimum absolute atomic E-state index is 0.0447. The third-order valence-electron chi connectivity index (χ3n) is 3.93. The molecule has 0 N–H and O–H groups in total. The zero-order chi connectivity index (χ0) is 21.3. The van der Waals surface area contributed by atoms with E-state index in [0.29, 0.717) is 19.8 Å². The monoisotopic (exact) mass is 544 g/mol. The number of rotatable bonds is 4. The summed E-state index contributed by atoms with van der Waals surface area (Å²) in [5.74, 6) is -1.07. The number of hydrogen-bond acceptors (Lipinski definition) is 7. The summed E-state index contributed by atoms with van der Waals surface area (Å²) in [4.78, 5) is 29.6. The Bertz CT molecular complexity index is 1090. The molecule has 0 amide bonds. The number of pyridine rings is 1. The molecular weight excluding hydrogens is 527 g/mol. The first-order chi connectivity index (χ1) is 13.6. The highest BCUT2D eigenvalue weighted by Crippen LogP contribution is 2.42. The van der Waals surface area contributed by atoms with Gasteiger partial charge >= 0.3 is 11.9 Å². The number of aromatic nitrogens is 2. The van der Waals surface area contributed by atoms with Gasteiger partial charge in [-0.2, -0.15) is 4.37 Å². The summed E-state index contributed by atoms with van der Waals surface area (Å²) in [7, 11) is 0. The highest BCUT2D eigenvalue weighted by atomic mass is 127. The minimum Gasteiger partial charge on any atom is -0.461 e. The van der Waals surface area contributed by atoms with Crippen molar-refractivity contribution >= 4 is 67.7 Å². The van der Waals surface area contributed by atoms with Crippen LogP contribution in [0, 0.1) is 9.12 Å². The van der Waals surface area contributed by atoms with Gasteiger partial charge in [0.2, 0.25) is 0 Å². The van der Waals surface area contributed by atoms with E-state index >= 15 is 0 Å². The molecule has 0 aliphatic heterocycles. The fourth-order valence-corrected chi connectivity index (χ4v) is 4.16. The van der Waals surface area contributed by atoms with Gasteiger partial charge in [0.15, 0.2) is 11.4 Å². The molecule has 0 atom stereocenters. The number of carbonyl (C=O) groups excluding carboxylic acids is 2. The molecule has 3 aromatic rings. The Morgan fingerprint density at radius 1 is 1.21 bits per heavy atom. The largest absolute Gasteiger partial charge is 0.461 e. The Morgan fingerprint density at radius 2 is 1.86 bits per heavy atom. The van der Waals surface area contributed by atoms with Crippen molar-refractivity contribution in [2.24, 2.45) is 5.41 Å². The van der Waals surface area contributed by atoms with E-state index in [1.54, 1.807) is 39.8 Å². The number of benzene rings is 1. The third kappa shape index (κ3) is 4.54. The number of halogens is 2. The number of nitrogens with zero attached hydrogens (tertiary/aromatic N) is 2. The van der Waals surface area contributed by atoms with Crippen LogP contribution in [0.1, 0.15) is 38.2 Å². The molecule has 0 unspecified atom stereocenters. The zero-order valence-corrected chi connectivity index (χ0v) is 19.9. The lowest BCUT2D eigenvalue weighted by molar-refractivity contribution is -0.142. The average molecular weight is 545 g/mol. The van der Waals surface area contributed by atoms with E-state index in [4.69, 9.17) is 21.1 Å². The first kappa shape index (κ1) is 21.9. The van der Waals surface area contributed by atoms with E-state index in [0.717, 1.165) is 10.3 Å². The second-order valence-electron chi connectivity index (χ2n) is 7.18. The molecule has 29 heavy (non-hydrogen) atoms. The summed E-state index contributed by atoms with van der Waals surface area (Å²) in [6, 6.07) is 7.15. The van der Waals surface area contributed by atoms with Gasteiger partial charge < -0.3 is 9.47 Å². The van der Waals surface area contributed by atoms with Crippen molar-refractivity contribution < 1.29 is 19.1 Å². The first-order valence-corrected chi connectivity index (χ1v) is 11.0. The summed E-state index contributed by atoms with van der Waals surface area (Å²) in [6.07, 6.45) is 0. The molecular formula is C20H18ClIN2O4S. The standard InChI is InChI=1S/C20H18ClIN2O4S/c1-5-27-18(25)14-15(28-19(26)20(2,3)4)12-13(10-6-8-11(21)9-7-10)24-29-16(12)17(22)23-14/h6-9H,5H2,1-4H3. The van der Waals surface area contributed by atoms with Crippen molar-refractivity contribution in [2.75, 3.05) is 6.61 Å². The molecule has 0 spiro atoms. The van der Waals surface area contributed by atoms with Crippen molar-refractivity contribution in [3.63, 3.8) is 0 Å². The Balaban J connectivity index is 2.31. The highest BCUT2D eigenvalue weighted by Gasteiger charge is 2.31. The fraction of sp³-hybridized carbons (Fsp3) is 0.300. The maximum atomic E-state index is 12.7. The number of carbonyl (C=O) groups is 2. The molecule has 1 aromatic carbocycles. The van der Waals surface area contributed by atoms with Crippen LogP contribution in [-0.2, 0) is 9.53 Å². The molecule has 6 nitrogen and oxygen atoms in total. The molecule has 0 bridgehead atoms. The molecule has 0 aliphatic rings. The average Bonchev–Trinajstić information content (AvgIpc) is 3.09. The van der Waals surface area contributed by atoms with Crippen LogP contribution < -0.4 is 4.74 Å². The van der Waals surface area contributed by atoms with E-state index in [9.17, 15) is 9.59 Å². The van der Waals surface area contributed by atoms with Gasteiger partial charge in [-0.15, -0.1) is 0 Å². The summed E-state index contributed by atoms with van der Waals surface area (Å²) in [6.45, 7) is 7.09. The van der Waals surface area contributed by atoms with Gasteiger partial charge in [0.1, 0.15) is 3.70 Å². The Kier molecular flexibility index (Phi) is 6.45. The van der Waals surface area contributed by atoms with Gasteiger partial charge in [-0.25, -0.2) is 9.78 Å². The zero-order valence-electron chi connectivity index (χ0n) is 16.2. The Labute approximate surface area is 190 Å². The number of esters is 2. The number of hydrogen-bond donors (Lipinski definition) is 0. The smallest absolute Gasteiger partial charge is 0.360 e. The Hall–Kier alpha value is -1.78. The van der Waals surface area contributed by atoms with E-state index in [1.165, 1.54) is 11.5 Å². The van der Waals surface area contributed by atoms with Crippen molar-refractivity contribution in [3.05, 3.63) is 38.7 Å². The maximum absolute atomic E-state index is 12.7. The van der Waals surface area contributed by atoms with Crippen LogP contribution >= 0.6 is 45.7 Å². The van der Waals surface area contributed by atoms with Gasteiger partial charge in [-0.1, -0.05) is 23.7 Å². The lowest BCUT2D eigenvalue weighted by atomic mass is 9.97. The second-order valence-corrected chi connectivity index (χ2v) is 9.41. The van der Waals surface area contributed by atoms with Gasteiger partial charge in [-0.05, 0) is 74.0 Å². The molecule has 0 fully saturated rings. The first-order valence-electron chi connectivity index (χ1n) is 8.77. The summed E-state index contributed by atoms with van der Waals surface area (Å²) in [5.41, 5.74) is 0.553. The topological polar surface area (TPSA) is 78.4 Å². The van der Waals surface area contributed by atoms with Gasteiger partial charge in [0.25, 0.3) is 0 Å². The molecule has 0 aliphatic carbocycles. The van der Waals surface area contributed by atoms with E-state index in [2.05, 4.69) is 9.36 Å². The molecule has 2 aromatic heterocycles. The maximum Gasteiger partial charge on any atom is 0.360 e. The normalized spacial score (nSPS) is 11.5. The molecule has 9 heteroatoms. The summed E-state index contributed by atoms with van der Waals surface area (Å²) >= 11 is 9.27. The second kappa shape index (κ2) is 8.53. The van der Waals surface area contributed by atoms with Gasteiger partial charge in [-0.3, -0.25) is 4.79 Å². The third-order valence-corrected chi connectivity index (χ3v) is 6.18. The van der Waals surface area contributed by atoms with Gasteiger partial charge in [0.05, 0.1) is 27.8 Å². The van der Waals surface area contributed by atoms with Crippen molar-refractivity contribution in [1.82, 2.24) is 9.36 Å². The van der Waals surface area contributed by atoms with Crippen LogP contribution in [0.15, 0.2) is 24.3 Å². The van der Waals surface area contributed by atoms with Crippen LogP contribution in [0.5, 0.6) is 5.75 Å². The highest BCUT2D eigenvalue weighted by molar-refractivity contribution is 14.1. The van der Waals surface area contributed by atoms with Crippen LogP contribution in [0.3, 0.4) is 0 Å². The van der Waals surface area contributed by atoms with Crippen molar-refractivity contribution in [1.29, 1.82) is 0 Å². The van der Waals surface area contributed by atoms with Crippen LogP contribution in [0.4, 0.5) is 0 Å². The van der Waals surface area contributed by atoms with Gasteiger partial charge in [0, 0.05) is 10.6 Å². The number of ether oxygens (including phenoxy) is 2. The molecule has 0 saturated carbocycles. The minimum atomic E-state index is -0.773. The van der Waals surface area contributed by atoms with E-state index < -0.39 is 17.4 Å². The SMILES string of the molecule is CCOC(=O)c1nc(I)c2snc(-c3ccc(Cl)cc3)c2c1OC(=O)C(C)(C)C. The molecule has 0 saturated heterocycles. The molecule has 0 radical (unpaired) electrons. The quantitative estimate of drug-likeness (QED) is 0.237. The molecule has 2 heterocycles. The molecule has 152 valence electrons. The van der Waals surface area contributed by atoms with Crippen LogP contribution in [0.2, 0.25) is 5.02 Å². The van der Waals surface area contributed by atoms with E-state index in [-0.39, 0.29) is 18.1 Å². The van der Waals surface area contributed by atoms with Crippen LogP contribution in [-0.4, -0.2) is 27.9 Å². The summed E-state index contributed by atoms with van der Waals surface area (Å²) in [5, 5.41) is 1.15. The van der Waals surface area contributed by atoms with Crippen molar-refractivity contribution in [2.45, 2.75) is 27.7 Å². The summed E-state index contributed by atoms with van der Waals surface area (Å²) < 4.78 is 16.7. The lowest BCUT2D eigenvalue weighted by Crippen LogP contribution is -2.27. The lowest BCUT2D eigenvalue weighted by Gasteiger charge is -2.18. The predicted octanol–water partition coefficient (Wildman–Crippen LogP) is 5.74. The molecule has 3 rings (SSSR count). The number of fused-ring (bicyclic) bond motifs is 1. The van der Waals surface area contributed by atoms with E-state index in [1.807, 2.05) is 34.7 Å². The fourth-order valence-electron chi connectivity index (χ4n) is 2.45. The Morgan fingerprint density at radius 3 is 2.45 bits per heavy atom. The van der Waals surface area contributed by atoms with Crippen molar-refractivity contribution in [3.8, 4) is 17.0 Å².